The molecule has 0 aliphatic heterocycles. The van der Waals surface area contributed by atoms with Crippen LogP contribution < -0.4 is 5.56 Å². The Morgan fingerprint density at radius 1 is 1.44 bits per heavy atom. The number of carboxylic acid groups (broad SMARTS) is 1. The third kappa shape index (κ3) is 1.23. The quantitative estimate of drug-likeness (QED) is 0.753. The molecule has 0 bridgehead atoms. The number of hydrogen-bond donors (Lipinski definition) is 1. The van der Waals surface area contributed by atoms with Crippen LogP contribution in [0.15, 0.2) is 11.0 Å². The van der Waals surface area contributed by atoms with E-state index in [0.29, 0.717) is 11.3 Å². The molecule has 0 aliphatic rings. The maximum absolute atomic E-state index is 11.9. The number of hydrogen-bond acceptors (Lipinski definition) is 3. The minimum absolute atomic E-state index is 0.0303. The summed E-state index contributed by atoms with van der Waals surface area (Å²) in [7, 11) is 1.61. The SMILES string of the molecule is Cc1nc2c(C(=O)O)cn(C)n2c(=O)c1C. The number of nitrogens with zero attached hydrogens (tertiary/aromatic N) is 3. The summed E-state index contributed by atoms with van der Waals surface area (Å²) in [6, 6.07) is 0. The fourth-order valence-electron chi connectivity index (χ4n) is 1.62. The van der Waals surface area contributed by atoms with Gasteiger partial charge in [-0.05, 0) is 13.8 Å². The molecule has 2 heterocycles. The molecular formula is C10H11N3O3. The number of carboxylic acids is 1. The molecule has 6 nitrogen and oxygen atoms in total. The van der Waals surface area contributed by atoms with Crippen molar-refractivity contribution in [2.24, 2.45) is 7.05 Å². The summed E-state index contributed by atoms with van der Waals surface area (Å²) in [4.78, 5) is 27.0. The average Bonchev–Trinajstić information content (AvgIpc) is 2.52. The molecule has 6 heteroatoms. The number of aromatic carboxylic acids is 1. The molecular weight excluding hydrogens is 210 g/mol. The first kappa shape index (κ1) is 10.4. The smallest absolute Gasteiger partial charge is 0.341 e. The lowest BCUT2D eigenvalue weighted by Crippen LogP contribution is -2.23. The van der Waals surface area contributed by atoms with Crippen molar-refractivity contribution in [1.82, 2.24) is 14.2 Å². The van der Waals surface area contributed by atoms with Crippen LogP contribution in [-0.2, 0) is 7.05 Å². The van der Waals surface area contributed by atoms with E-state index in [4.69, 9.17) is 5.11 Å². The summed E-state index contributed by atoms with van der Waals surface area (Å²) in [6.07, 6.45) is 1.38. The Morgan fingerprint density at radius 2 is 2.06 bits per heavy atom. The highest BCUT2D eigenvalue weighted by molar-refractivity contribution is 5.94. The molecule has 0 spiro atoms. The number of aromatic nitrogens is 3. The maximum Gasteiger partial charge on any atom is 0.341 e. The second-order valence-corrected chi connectivity index (χ2v) is 3.68. The molecule has 2 rings (SSSR count). The van der Waals surface area contributed by atoms with Gasteiger partial charge in [0.15, 0.2) is 5.65 Å². The highest BCUT2D eigenvalue weighted by Crippen LogP contribution is 2.10. The molecule has 0 aliphatic carbocycles. The van der Waals surface area contributed by atoms with Gasteiger partial charge < -0.3 is 5.11 Å². The van der Waals surface area contributed by atoms with E-state index >= 15 is 0 Å². The van der Waals surface area contributed by atoms with Crippen LogP contribution in [0.25, 0.3) is 5.65 Å². The van der Waals surface area contributed by atoms with Crippen molar-refractivity contribution in [1.29, 1.82) is 0 Å². The fraction of sp³-hybridized carbons (Fsp3) is 0.300. The third-order valence-corrected chi connectivity index (χ3v) is 2.63. The molecule has 0 unspecified atom stereocenters. The lowest BCUT2D eigenvalue weighted by atomic mass is 10.2. The Morgan fingerprint density at radius 3 is 2.62 bits per heavy atom. The zero-order chi connectivity index (χ0) is 12.0. The average molecular weight is 221 g/mol. The molecule has 0 fully saturated rings. The Balaban J connectivity index is 3.04. The predicted molar refractivity (Wildman–Crippen MR) is 56.9 cm³/mol. The Labute approximate surface area is 90.7 Å². The minimum atomic E-state index is -1.09. The minimum Gasteiger partial charge on any atom is -0.477 e. The van der Waals surface area contributed by atoms with E-state index < -0.39 is 5.97 Å². The molecule has 0 radical (unpaired) electrons. The summed E-state index contributed by atoms with van der Waals surface area (Å²) in [5, 5.41) is 8.98. The van der Waals surface area contributed by atoms with Gasteiger partial charge in [0.05, 0.1) is 0 Å². The van der Waals surface area contributed by atoms with Crippen LogP contribution in [-0.4, -0.2) is 25.3 Å². The first-order valence-electron chi connectivity index (χ1n) is 4.72. The van der Waals surface area contributed by atoms with Crippen molar-refractivity contribution in [2.45, 2.75) is 13.8 Å². The topological polar surface area (TPSA) is 76.6 Å². The van der Waals surface area contributed by atoms with E-state index in [1.54, 1.807) is 20.9 Å². The van der Waals surface area contributed by atoms with Gasteiger partial charge in [0.25, 0.3) is 5.56 Å². The zero-order valence-corrected chi connectivity index (χ0v) is 9.18. The number of rotatable bonds is 1. The molecule has 16 heavy (non-hydrogen) atoms. The van der Waals surface area contributed by atoms with Gasteiger partial charge in [0.1, 0.15) is 5.56 Å². The molecule has 0 saturated carbocycles. The van der Waals surface area contributed by atoms with Crippen molar-refractivity contribution in [2.75, 3.05) is 0 Å². The molecule has 84 valence electrons. The van der Waals surface area contributed by atoms with Crippen molar-refractivity contribution in [3.63, 3.8) is 0 Å². The summed E-state index contributed by atoms with van der Waals surface area (Å²) in [5.74, 6) is -1.09. The van der Waals surface area contributed by atoms with Gasteiger partial charge >= 0.3 is 5.97 Å². The predicted octanol–water partition coefficient (Wildman–Crippen LogP) is 0.348. The van der Waals surface area contributed by atoms with Crippen LogP contribution in [0.1, 0.15) is 21.6 Å². The maximum atomic E-state index is 11.9. The van der Waals surface area contributed by atoms with E-state index in [9.17, 15) is 9.59 Å². The summed E-state index contributed by atoms with van der Waals surface area (Å²) in [5.41, 5.74) is 1.05. The molecule has 1 N–H and O–H groups in total. The van der Waals surface area contributed by atoms with Gasteiger partial charge in [-0.2, -0.15) is 4.52 Å². The van der Waals surface area contributed by atoms with Gasteiger partial charge in [0.2, 0.25) is 0 Å². The second-order valence-electron chi connectivity index (χ2n) is 3.68. The number of fused-ring (bicyclic) bond motifs is 1. The van der Waals surface area contributed by atoms with E-state index in [-0.39, 0.29) is 16.8 Å². The highest BCUT2D eigenvalue weighted by atomic mass is 16.4. The van der Waals surface area contributed by atoms with Gasteiger partial charge in [-0.3, -0.25) is 9.48 Å². The summed E-state index contributed by atoms with van der Waals surface area (Å²) in [6.45, 7) is 3.36. The third-order valence-electron chi connectivity index (χ3n) is 2.63. The summed E-state index contributed by atoms with van der Waals surface area (Å²) >= 11 is 0. The first-order chi connectivity index (χ1) is 7.43. The molecule has 0 atom stereocenters. The van der Waals surface area contributed by atoms with Crippen molar-refractivity contribution < 1.29 is 9.90 Å². The molecule has 0 aromatic carbocycles. The van der Waals surface area contributed by atoms with Crippen LogP contribution >= 0.6 is 0 Å². The highest BCUT2D eigenvalue weighted by Gasteiger charge is 2.17. The van der Waals surface area contributed by atoms with Crippen molar-refractivity contribution in [3.05, 3.63) is 33.4 Å². The van der Waals surface area contributed by atoms with Gasteiger partial charge in [0, 0.05) is 24.5 Å². The van der Waals surface area contributed by atoms with Crippen LogP contribution in [0.5, 0.6) is 0 Å². The fourth-order valence-corrected chi connectivity index (χ4v) is 1.62. The number of aryl methyl sites for hydroxylation is 2. The van der Waals surface area contributed by atoms with E-state index in [1.165, 1.54) is 15.4 Å². The Bertz CT molecular complexity index is 651. The molecule has 2 aromatic rings. The van der Waals surface area contributed by atoms with Gasteiger partial charge in [-0.15, -0.1) is 0 Å². The van der Waals surface area contributed by atoms with Crippen LogP contribution in [0.2, 0.25) is 0 Å². The monoisotopic (exact) mass is 221 g/mol. The van der Waals surface area contributed by atoms with E-state index in [0.717, 1.165) is 0 Å². The molecule has 0 saturated heterocycles. The lowest BCUT2D eigenvalue weighted by Gasteiger charge is -2.02. The normalized spacial score (nSPS) is 10.9. The van der Waals surface area contributed by atoms with Gasteiger partial charge in [-0.25, -0.2) is 9.78 Å². The largest absolute Gasteiger partial charge is 0.477 e. The number of carbonyl (C=O) groups is 1. The van der Waals surface area contributed by atoms with Crippen molar-refractivity contribution >= 4 is 11.6 Å². The standard InChI is InChI=1S/C10H11N3O3/c1-5-6(2)11-8-7(10(15)16)4-12(3)13(8)9(5)14/h4H,1-3H3,(H,15,16). The zero-order valence-electron chi connectivity index (χ0n) is 9.18. The van der Waals surface area contributed by atoms with Crippen LogP contribution in [0.3, 0.4) is 0 Å². The van der Waals surface area contributed by atoms with E-state index in [1.807, 2.05) is 0 Å². The Kier molecular flexibility index (Phi) is 2.08. The summed E-state index contributed by atoms with van der Waals surface area (Å²) < 4.78 is 2.69. The van der Waals surface area contributed by atoms with Crippen LogP contribution in [0, 0.1) is 13.8 Å². The molecule has 0 amide bonds. The van der Waals surface area contributed by atoms with Crippen molar-refractivity contribution in [3.8, 4) is 0 Å². The molecule has 2 aromatic heterocycles. The Hall–Kier alpha value is -2.11. The second kappa shape index (κ2) is 3.19. The van der Waals surface area contributed by atoms with E-state index in [2.05, 4.69) is 4.98 Å². The first-order valence-corrected chi connectivity index (χ1v) is 4.72. The lowest BCUT2D eigenvalue weighted by molar-refractivity contribution is 0.0698. The van der Waals surface area contributed by atoms with Crippen LogP contribution in [0.4, 0.5) is 0 Å². The van der Waals surface area contributed by atoms with Gasteiger partial charge in [-0.1, -0.05) is 0 Å².